The van der Waals surface area contributed by atoms with Gasteiger partial charge < -0.3 is 19.3 Å². The molecule has 0 amide bonds. The van der Waals surface area contributed by atoms with Gasteiger partial charge >= 0.3 is 0 Å². The molecule has 0 aromatic rings. The van der Waals surface area contributed by atoms with E-state index in [1.807, 2.05) is 13.8 Å². The number of halogens is 1. The molecule has 2 aliphatic rings. The molecule has 13 heavy (non-hydrogen) atoms. The van der Waals surface area contributed by atoms with E-state index >= 15 is 0 Å². The van der Waals surface area contributed by atoms with Crippen LogP contribution in [-0.4, -0.2) is 40.8 Å². The first-order valence-electron chi connectivity index (χ1n) is 4.28. The third-order valence-corrected chi connectivity index (χ3v) is 2.92. The Morgan fingerprint density at radius 2 is 1.92 bits per heavy atom. The summed E-state index contributed by atoms with van der Waals surface area (Å²) >= 11 is 3.31. The first kappa shape index (κ1) is 9.86. The smallest absolute Gasteiger partial charge is 0.184 e. The van der Waals surface area contributed by atoms with Crippen LogP contribution < -0.4 is 0 Å². The number of aliphatic hydroxyl groups excluding tert-OH is 1. The lowest BCUT2D eigenvalue weighted by Crippen LogP contribution is -2.30. The Hall–Kier alpha value is 0.320. The SMILES string of the molecule is CC1(C)O[C@@H]2[C@H](O1)[C@@H](CBr)O[C@H]2O. The van der Waals surface area contributed by atoms with Gasteiger partial charge in [-0.25, -0.2) is 0 Å². The van der Waals surface area contributed by atoms with Crippen LogP contribution in [0.15, 0.2) is 0 Å². The predicted octanol–water partition coefficient (Wildman–Crippen LogP) is 0.619. The minimum absolute atomic E-state index is 0.123. The van der Waals surface area contributed by atoms with Crippen molar-refractivity contribution in [1.82, 2.24) is 0 Å². The summed E-state index contributed by atoms with van der Waals surface area (Å²) < 4.78 is 16.3. The lowest BCUT2D eigenvalue weighted by atomic mass is 10.2. The average molecular weight is 253 g/mol. The van der Waals surface area contributed by atoms with E-state index in [-0.39, 0.29) is 18.3 Å². The number of rotatable bonds is 1. The summed E-state index contributed by atoms with van der Waals surface area (Å²) in [6, 6.07) is 0. The van der Waals surface area contributed by atoms with E-state index in [4.69, 9.17) is 14.2 Å². The molecule has 2 aliphatic heterocycles. The monoisotopic (exact) mass is 252 g/mol. The van der Waals surface area contributed by atoms with Gasteiger partial charge in [0.1, 0.15) is 12.2 Å². The van der Waals surface area contributed by atoms with E-state index in [1.165, 1.54) is 0 Å². The Kier molecular flexibility index (Phi) is 2.40. The molecular formula is C8H13BrO4. The van der Waals surface area contributed by atoms with Gasteiger partial charge in [-0.2, -0.15) is 0 Å². The lowest BCUT2D eigenvalue weighted by Gasteiger charge is -2.21. The van der Waals surface area contributed by atoms with E-state index < -0.39 is 12.1 Å². The molecule has 76 valence electrons. The molecule has 0 spiro atoms. The summed E-state index contributed by atoms with van der Waals surface area (Å²) in [6.45, 7) is 3.67. The third kappa shape index (κ3) is 1.64. The van der Waals surface area contributed by atoms with Gasteiger partial charge in [0.25, 0.3) is 0 Å². The molecule has 0 saturated carbocycles. The molecule has 4 nitrogen and oxygen atoms in total. The minimum Gasteiger partial charge on any atom is -0.366 e. The largest absolute Gasteiger partial charge is 0.366 e. The summed E-state index contributed by atoms with van der Waals surface area (Å²) in [5.74, 6) is -0.611. The summed E-state index contributed by atoms with van der Waals surface area (Å²) in [7, 11) is 0. The molecule has 0 radical (unpaired) electrons. The van der Waals surface area contributed by atoms with Crippen molar-refractivity contribution in [1.29, 1.82) is 0 Å². The van der Waals surface area contributed by atoms with Crippen LogP contribution in [0.2, 0.25) is 0 Å². The molecule has 0 bridgehead atoms. The molecule has 0 aromatic carbocycles. The molecule has 1 N–H and O–H groups in total. The number of fused-ring (bicyclic) bond motifs is 1. The number of hydrogen-bond acceptors (Lipinski definition) is 4. The molecule has 0 unspecified atom stereocenters. The fraction of sp³-hybridized carbons (Fsp3) is 1.00. The van der Waals surface area contributed by atoms with Crippen molar-refractivity contribution in [2.75, 3.05) is 5.33 Å². The fourth-order valence-corrected chi connectivity index (χ4v) is 2.30. The van der Waals surface area contributed by atoms with Crippen molar-refractivity contribution in [2.24, 2.45) is 0 Å². The van der Waals surface area contributed by atoms with Gasteiger partial charge in [-0.15, -0.1) is 0 Å². The summed E-state index contributed by atoms with van der Waals surface area (Å²) in [6.07, 6.45) is -1.50. The first-order chi connectivity index (χ1) is 6.03. The van der Waals surface area contributed by atoms with Gasteiger partial charge in [0, 0.05) is 5.33 Å². The quantitative estimate of drug-likeness (QED) is 0.696. The van der Waals surface area contributed by atoms with Crippen molar-refractivity contribution in [3.05, 3.63) is 0 Å². The van der Waals surface area contributed by atoms with Crippen LogP contribution in [0, 0.1) is 0 Å². The van der Waals surface area contributed by atoms with Gasteiger partial charge in [0.05, 0.1) is 6.10 Å². The predicted molar refractivity (Wildman–Crippen MR) is 48.5 cm³/mol. The van der Waals surface area contributed by atoms with Gasteiger partial charge in [0.2, 0.25) is 0 Å². The molecule has 4 atom stereocenters. The van der Waals surface area contributed by atoms with Crippen LogP contribution in [-0.2, 0) is 14.2 Å². The van der Waals surface area contributed by atoms with Gasteiger partial charge in [-0.3, -0.25) is 0 Å². The van der Waals surface area contributed by atoms with Crippen LogP contribution >= 0.6 is 15.9 Å². The van der Waals surface area contributed by atoms with Crippen molar-refractivity contribution in [3.8, 4) is 0 Å². The maximum Gasteiger partial charge on any atom is 0.184 e. The summed E-state index contributed by atoms with van der Waals surface area (Å²) in [5.41, 5.74) is 0. The highest BCUT2D eigenvalue weighted by atomic mass is 79.9. The number of aliphatic hydroxyl groups is 1. The van der Waals surface area contributed by atoms with Crippen LogP contribution in [0.25, 0.3) is 0 Å². The second-order valence-corrected chi connectivity index (χ2v) is 4.43. The highest BCUT2D eigenvalue weighted by Gasteiger charge is 2.54. The maximum absolute atomic E-state index is 9.49. The second kappa shape index (κ2) is 3.17. The third-order valence-electron chi connectivity index (χ3n) is 2.28. The lowest BCUT2D eigenvalue weighted by molar-refractivity contribution is -0.217. The van der Waals surface area contributed by atoms with E-state index in [1.54, 1.807) is 0 Å². The Balaban J connectivity index is 2.12. The van der Waals surface area contributed by atoms with Crippen LogP contribution in [0.3, 0.4) is 0 Å². The van der Waals surface area contributed by atoms with Crippen LogP contribution in [0.1, 0.15) is 13.8 Å². The van der Waals surface area contributed by atoms with Crippen molar-refractivity contribution in [3.63, 3.8) is 0 Å². The first-order valence-corrected chi connectivity index (χ1v) is 5.41. The number of alkyl halides is 1. The van der Waals surface area contributed by atoms with E-state index in [0.29, 0.717) is 5.33 Å². The fourth-order valence-electron chi connectivity index (χ4n) is 1.78. The summed E-state index contributed by atoms with van der Waals surface area (Å²) in [4.78, 5) is 0. The molecule has 5 heteroatoms. The minimum atomic E-state index is -0.866. The Morgan fingerprint density at radius 1 is 1.31 bits per heavy atom. The normalized spacial score (nSPS) is 48.0. The van der Waals surface area contributed by atoms with Crippen molar-refractivity contribution < 1.29 is 19.3 Å². The zero-order valence-corrected chi connectivity index (χ0v) is 9.15. The molecule has 2 rings (SSSR count). The van der Waals surface area contributed by atoms with Crippen molar-refractivity contribution in [2.45, 2.75) is 44.2 Å². The number of ether oxygens (including phenoxy) is 3. The molecule has 2 heterocycles. The van der Waals surface area contributed by atoms with E-state index in [2.05, 4.69) is 15.9 Å². The molecule has 2 saturated heterocycles. The van der Waals surface area contributed by atoms with Gasteiger partial charge in [-0.05, 0) is 13.8 Å². The Bertz CT molecular complexity index is 208. The van der Waals surface area contributed by atoms with Gasteiger partial charge in [0.15, 0.2) is 12.1 Å². The van der Waals surface area contributed by atoms with Crippen molar-refractivity contribution >= 4 is 15.9 Å². The van der Waals surface area contributed by atoms with Crippen LogP contribution in [0.5, 0.6) is 0 Å². The Labute approximate surface area is 85.3 Å². The van der Waals surface area contributed by atoms with Gasteiger partial charge in [-0.1, -0.05) is 15.9 Å². The van der Waals surface area contributed by atoms with Crippen LogP contribution in [0.4, 0.5) is 0 Å². The average Bonchev–Trinajstić information content (AvgIpc) is 2.47. The summed E-state index contributed by atoms with van der Waals surface area (Å²) in [5, 5.41) is 10.1. The molecular weight excluding hydrogens is 240 g/mol. The molecule has 2 fully saturated rings. The zero-order valence-electron chi connectivity index (χ0n) is 7.57. The highest BCUT2D eigenvalue weighted by molar-refractivity contribution is 9.09. The zero-order chi connectivity index (χ0) is 9.64. The van der Waals surface area contributed by atoms with E-state index in [9.17, 15) is 5.11 Å². The second-order valence-electron chi connectivity index (χ2n) is 3.78. The topological polar surface area (TPSA) is 47.9 Å². The molecule has 0 aliphatic carbocycles. The molecule has 0 aromatic heterocycles. The Morgan fingerprint density at radius 3 is 2.54 bits per heavy atom. The highest BCUT2D eigenvalue weighted by Crippen LogP contribution is 2.38. The van der Waals surface area contributed by atoms with E-state index in [0.717, 1.165) is 0 Å². The maximum atomic E-state index is 9.49. The standard InChI is InChI=1S/C8H13BrO4/c1-8(2)12-5-4(3-9)11-7(10)6(5)13-8/h4-7,10H,3H2,1-2H3/t4-,5-,6-,7-/m1/s1. The number of hydrogen-bond donors (Lipinski definition) is 1.